The summed E-state index contributed by atoms with van der Waals surface area (Å²) in [7, 11) is 0. The fourth-order valence-corrected chi connectivity index (χ4v) is 4.46. The molecule has 0 radical (unpaired) electrons. The van der Waals surface area contributed by atoms with Gasteiger partial charge in [0.1, 0.15) is 5.75 Å². The summed E-state index contributed by atoms with van der Waals surface area (Å²) in [6, 6.07) is 7.96. The first-order chi connectivity index (χ1) is 10.0. The van der Waals surface area contributed by atoms with Crippen molar-refractivity contribution in [3.63, 3.8) is 0 Å². The SMILES string of the molecule is CC1(C)COc2ccc(C(=O)c3cc4c(s3)CCC4)cc21. The van der Waals surface area contributed by atoms with E-state index in [2.05, 4.69) is 19.9 Å². The van der Waals surface area contributed by atoms with Crippen LogP contribution in [0, 0.1) is 0 Å². The van der Waals surface area contributed by atoms with Gasteiger partial charge < -0.3 is 4.74 Å². The lowest BCUT2D eigenvalue weighted by molar-refractivity contribution is 0.104. The van der Waals surface area contributed by atoms with Crippen LogP contribution in [0.25, 0.3) is 0 Å². The number of hydrogen-bond donors (Lipinski definition) is 0. The van der Waals surface area contributed by atoms with Crippen molar-refractivity contribution in [1.29, 1.82) is 0 Å². The number of ketones is 1. The minimum atomic E-state index is -0.0111. The van der Waals surface area contributed by atoms with Crippen molar-refractivity contribution in [3.8, 4) is 5.75 Å². The van der Waals surface area contributed by atoms with E-state index in [1.54, 1.807) is 11.3 Å². The van der Waals surface area contributed by atoms with Gasteiger partial charge in [-0.3, -0.25) is 4.79 Å². The van der Waals surface area contributed by atoms with E-state index in [9.17, 15) is 4.79 Å². The molecule has 0 fully saturated rings. The Hall–Kier alpha value is -1.61. The second-order valence-corrected chi connectivity index (χ2v) is 7.76. The second kappa shape index (κ2) is 4.44. The summed E-state index contributed by atoms with van der Waals surface area (Å²) in [5.41, 5.74) is 3.31. The summed E-state index contributed by atoms with van der Waals surface area (Å²) in [6.45, 7) is 5.01. The van der Waals surface area contributed by atoms with Crippen molar-refractivity contribution in [1.82, 2.24) is 0 Å². The molecular weight excluding hydrogens is 280 g/mol. The van der Waals surface area contributed by atoms with Crippen molar-refractivity contribution in [2.75, 3.05) is 6.61 Å². The Bertz CT molecular complexity index is 718. The minimum absolute atomic E-state index is 0.0111. The average molecular weight is 298 g/mol. The van der Waals surface area contributed by atoms with Gasteiger partial charge in [-0.2, -0.15) is 0 Å². The molecule has 1 aliphatic carbocycles. The number of rotatable bonds is 2. The van der Waals surface area contributed by atoms with Crippen LogP contribution in [0.4, 0.5) is 0 Å². The summed E-state index contributed by atoms with van der Waals surface area (Å²) in [5.74, 6) is 1.07. The van der Waals surface area contributed by atoms with Crippen molar-refractivity contribution in [3.05, 3.63) is 50.7 Å². The monoisotopic (exact) mass is 298 g/mol. The van der Waals surface area contributed by atoms with Crippen molar-refractivity contribution in [2.45, 2.75) is 38.5 Å². The molecule has 0 saturated heterocycles. The number of carbonyl (C=O) groups is 1. The third-order valence-corrected chi connectivity index (χ3v) is 5.77. The zero-order chi connectivity index (χ0) is 14.6. The maximum atomic E-state index is 12.7. The molecule has 0 N–H and O–H groups in total. The molecule has 4 rings (SSSR count). The highest BCUT2D eigenvalue weighted by Crippen LogP contribution is 2.39. The summed E-state index contributed by atoms with van der Waals surface area (Å²) >= 11 is 1.68. The van der Waals surface area contributed by atoms with Crippen LogP contribution in [0.2, 0.25) is 0 Å². The highest BCUT2D eigenvalue weighted by molar-refractivity contribution is 7.14. The highest BCUT2D eigenvalue weighted by atomic mass is 32.1. The number of carbonyl (C=O) groups excluding carboxylic acids is 1. The average Bonchev–Trinajstić information content (AvgIpc) is 3.11. The van der Waals surface area contributed by atoms with Crippen LogP contribution in [0.15, 0.2) is 24.3 Å². The molecule has 21 heavy (non-hydrogen) atoms. The van der Waals surface area contributed by atoms with Gasteiger partial charge in [0.25, 0.3) is 0 Å². The summed E-state index contributed by atoms with van der Waals surface area (Å²) in [5, 5.41) is 0. The van der Waals surface area contributed by atoms with Gasteiger partial charge in [-0.15, -0.1) is 11.3 Å². The highest BCUT2D eigenvalue weighted by Gasteiger charge is 2.32. The molecule has 2 aliphatic rings. The van der Waals surface area contributed by atoms with Crippen LogP contribution in [-0.2, 0) is 18.3 Å². The Morgan fingerprint density at radius 3 is 2.90 bits per heavy atom. The van der Waals surface area contributed by atoms with Crippen LogP contribution < -0.4 is 4.74 Å². The summed E-state index contributed by atoms with van der Waals surface area (Å²) in [6.07, 6.45) is 3.50. The molecule has 0 saturated carbocycles. The van der Waals surface area contributed by atoms with Crippen LogP contribution in [0.5, 0.6) is 5.75 Å². The van der Waals surface area contributed by atoms with Gasteiger partial charge in [0.15, 0.2) is 0 Å². The molecule has 0 amide bonds. The smallest absolute Gasteiger partial charge is 0.202 e. The lowest BCUT2D eigenvalue weighted by Crippen LogP contribution is -2.18. The van der Waals surface area contributed by atoms with Gasteiger partial charge in [-0.25, -0.2) is 0 Å². The first-order valence-electron chi connectivity index (χ1n) is 7.48. The standard InChI is InChI=1S/C18H18O2S/c1-18(2)10-20-14-7-6-12(8-13(14)18)17(19)16-9-11-4-3-5-15(11)21-16/h6-9H,3-5,10H2,1-2H3. The molecule has 0 unspecified atom stereocenters. The molecule has 1 aromatic heterocycles. The number of benzene rings is 1. The molecule has 1 aliphatic heterocycles. The van der Waals surface area contributed by atoms with Gasteiger partial charge >= 0.3 is 0 Å². The predicted octanol–water partition coefficient (Wildman–Crippen LogP) is 4.14. The van der Waals surface area contributed by atoms with E-state index >= 15 is 0 Å². The molecule has 0 atom stereocenters. The second-order valence-electron chi connectivity index (χ2n) is 6.63. The number of thiophene rings is 1. The third kappa shape index (κ3) is 2.03. The number of fused-ring (bicyclic) bond motifs is 2. The lowest BCUT2D eigenvalue weighted by atomic mass is 9.86. The largest absolute Gasteiger partial charge is 0.492 e. The minimum Gasteiger partial charge on any atom is -0.492 e. The lowest BCUT2D eigenvalue weighted by Gasteiger charge is -2.15. The van der Waals surface area contributed by atoms with E-state index in [1.165, 1.54) is 16.9 Å². The topological polar surface area (TPSA) is 26.3 Å². The van der Waals surface area contributed by atoms with Gasteiger partial charge in [-0.05, 0) is 49.1 Å². The third-order valence-electron chi connectivity index (χ3n) is 4.53. The van der Waals surface area contributed by atoms with E-state index in [1.807, 2.05) is 18.2 Å². The van der Waals surface area contributed by atoms with E-state index < -0.39 is 0 Å². The first kappa shape index (κ1) is 13.1. The predicted molar refractivity (Wildman–Crippen MR) is 84.7 cm³/mol. The Balaban J connectivity index is 1.72. The fraction of sp³-hybridized carbons (Fsp3) is 0.389. The fourth-order valence-electron chi connectivity index (χ4n) is 3.25. The zero-order valence-electron chi connectivity index (χ0n) is 12.4. The van der Waals surface area contributed by atoms with Crippen molar-refractivity contribution >= 4 is 17.1 Å². The first-order valence-corrected chi connectivity index (χ1v) is 8.30. The van der Waals surface area contributed by atoms with Gasteiger partial charge in [-0.1, -0.05) is 13.8 Å². The molecule has 1 aromatic carbocycles. The quantitative estimate of drug-likeness (QED) is 0.779. The van der Waals surface area contributed by atoms with Gasteiger partial charge in [0.2, 0.25) is 5.78 Å². The summed E-state index contributed by atoms with van der Waals surface area (Å²) < 4.78 is 5.70. The molecule has 3 heteroatoms. The van der Waals surface area contributed by atoms with Crippen LogP contribution in [0.1, 0.15) is 51.5 Å². The Kier molecular flexibility index (Phi) is 2.77. The Labute approximate surface area is 128 Å². The number of aryl methyl sites for hydroxylation is 2. The Morgan fingerprint density at radius 2 is 2.10 bits per heavy atom. The van der Waals surface area contributed by atoms with E-state index in [4.69, 9.17) is 4.74 Å². The van der Waals surface area contributed by atoms with Gasteiger partial charge in [0, 0.05) is 21.4 Å². The van der Waals surface area contributed by atoms with E-state index in [-0.39, 0.29) is 11.2 Å². The van der Waals surface area contributed by atoms with Crippen LogP contribution >= 0.6 is 11.3 Å². The Morgan fingerprint density at radius 1 is 1.24 bits per heavy atom. The summed E-state index contributed by atoms with van der Waals surface area (Å²) in [4.78, 5) is 15.0. The number of ether oxygens (including phenoxy) is 1. The molecule has 0 bridgehead atoms. The zero-order valence-corrected chi connectivity index (χ0v) is 13.2. The molecular formula is C18H18O2S. The normalized spacial score (nSPS) is 18.2. The molecule has 2 aromatic rings. The van der Waals surface area contributed by atoms with Crippen LogP contribution in [0.3, 0.4) is 0 Å². The van der Waals surface area contributed by atoms with Crippen molar-refractivity contribution < 1.29 is 9.53 Å². The van der Waals surface area contributed by atoms with Gasteiger partial charge in [0.05, 0.1) is 11.5 Å². The van der Waals surface area contributed by atoms with Crippen molar-refractivity contribution in [2.24, 2.45) is 0 Å². The van der Waals surface area contributed by atoms with Crippen LogP contribution in [-0.4, -0.2) is 12.4 Å². The number of hydrogen-bond acceptors (Lipinski definition) is 3. The molecule has 2 heterocycles. The van der Waals surface area contributed by atoms with E-state index in [0.717, 1.165) is 34.6 Å². The van der Waals surface area contributed by atoms with E-state index in [0.29, 0.717) is 6.61 Å². The molecule has 108 valence electrons. The molecule has 0 spiro atoms. The molecule has 2 nitrogen and oxygen atoms in total. The maximum Gasteiger partial charge on any atom is 0.202 e. The maximum absolute atomic E-state index is 12.7.